The number of carbonyl (C=O) groups is 1. The smallest absolute Gasteiger partial charge is 0.145 e. The highest BCUT2D eigenvalue weighted by Gasteiger charge is 2.07. The van der Waals surface area contributed by atoms with E-state index in [0.29, 0.717) is 17.1 Å². The Morgan fingerprint density at radius 2 is 1.84 bits per heavy atom. The normalized spacial score (nSPS) is 11.4. The summed E-state index contributed by atoms with van der Waals surface area (Å²) < 4.78 is 6.96. The molecule has 0 atom stereocenters. The summed E-state index contributed by atoms with van der Waals surface area (Å²) in [6, 6.07) is 24.2. The Kier molecular flexibility index (Phi) is 5.13. The van der Waals surface area contributed by atoms with Gasteiger partial charge in [0.1, 0.15) is 16.5 Å². The molecule has 0 aliphatic carbocycles. The minimum Gasteiger partial charge on any atom is -0.545 e. The van der Waals surface area contributed by atoms with E-state index in [4.69, 9.17) is 9.40 Å². The van der Waals surface area contributed by atoms with Crippen LogP contribution in [0.5, 0.6) is 0 Å². The van der Waals surface area contributed by atoms with E-state index < -0.39 is 5.97 Å². The van der Waals surface area contributed by atoms with Crippen LogP contribution in [0.25, 0.3) is 32.1 Å². The Balaban J connectivity index is 1.33. The molecule has 5 rings (SSSR count). The Bertz CT molecular complexity index is 1460. The fourth-order valence-corrected chi connectivity index (χ4v) is 4.32. The van der Waals surface area contributed by atoms with Crippen molar-refractivity contribution in [2.45, 2.75) is 6.92 Å². The van der Waals surface area contributed by atoms with E-state index >= 15 is 0 Å². The summed E-state index contributed by atoms with van der Waals surface area (Å²) in [6.07, 6.45) is 1.64. The second-order valence-electron chi connectivity index (χ2n) is 7.37. The first-order chi connectivity index (χ1) is 15.5. The Morgan fingerprint density at radius 1 is 1.00 bits per heavy atom. The number of furan rings is 1. The molecule has 0 aliphatic rings. The van der Waals surface area contributed by atoms with Gasteiger partial charge in [0.05, 0.1) is 28.1 Å². The summed E-state index contributed by atoms with van der Waals surface area (Å²) in [6.45, 7) is 2.07. The van der Waals surface area contributed by atoms with Crippen molar-refractivity contribution in [2.24, 2.45) is 4.99 Å². The van der Waals surface area contributed by atoms with Crippen LogP contribution in [0.2, 0.25) is 0 Å². The van der Waals surface area contributed by atoms with Gasteiger partial charge in [-0.1, -0.05) is 24.3 Å². The van der Waals surface area contributed by atoms with Crippen molar-refractivity contribution in [2.75, 3.05) is 0 Å². The van der Waals surface area contributed by atoms with Gasteiger partial charge in [0.25, 0.3) is 0 Å². The zero-order chi connectivity index (χ0) is 22.1. The minimum atomic E-state index is -1.22. The number of carbonyl (C=O) groups excluding carboxylic acids is 1. The summed E-state index contributed by atoms with van der Waals surface area (Å²) in [7, 11) is 0. The van der Waals surface area contributed by atoms with Crippen molar-refractivity contribution in [3.05, 3.63) is 95.7 Å². The largest absolute Gasteiger partial charge is 0.545 e. The van der Waals surface area contributed by atoms with Crippen LogP contribution in [0.3, 0.4) is 0 Å². The fourth-order valence-electron chi connectivity index (χ4n) is 3.37. The number of aliphatic imine (C=N–C) groups is 1. The number of benzene rings is 3. The molecule has 0 saturated carbocycles. The molecule has 2 aromatic heterocycles. The van der Waals surface area contributed by atoms with Gasteiger partial charge in [-0.15, -0.1) is 11.3 Å². The third-order valence-electron chi connectivity index (χ3n) is 5.01. The number of rotatable bonds is 5. The number of fused-ring (bicyclic) bond motifs is 1. The molecule has 0 fully saturated rings. The summed E-state index contributed by atoms with van der Waals surface area (Å²) in [5, 5.41) is 12.0. The molecule has 0 saturated heterocycles. The van der Waals surface area contributed by atoms with Crippen molar-refractivity contribution < 1.29 is 14.3 Å². The van der Waals surface area contributed by atoms with Gasteiger partial charge in [0.15, 0.2) is 0 Å². The lowest BCUT2D eigenvalue weighted by molar-refractivity contribution is -0.255. The predicted molar refractivity (Wildman–Crippen MR) is 126 cm³/mol. The van der Waals surface area contributed by atoms with E-state index in [-0.39, 0.29) is 5.56 Å². The molecule has 0 spiro atoms. The SMILES string of the molecule is Cc1ccc2sc(-c3ccc(N=Cc4ccc(-c5cccc(C(=O)[O-])c5)o4)cc3)nc2c1. The first-order valence-electron chi connectivity index (χ1n) is 9.98. The number of hydrogen-bond donors (Lipinski definition) is 0. The summed E-state index contributed by atoms with van der Waals surface area (Å²) in [4.78, 5) is 20.3. The van der Waals surface area contributed by atoms with Gasteiger partial charge in [-0.3, -0.25) is 4.99 Å². The predicted octanol–water partition coefficient (Wildman–Crippen LogP) is 5.65. The monoisotopic (exact) mass is 437 g/mol. The van der Waals surface area contributed by atoms with Crippen LogP contribution in [0, 0.1) is 6.92 Å². The van der Waals surface area contributed by atoms with E-state index in [1.54, 1.807) is 41.8 Å². The standard InChI is InChI=1S/C26H18N2O3S/c1-16-5-12-24-22(13-16)28-25(32-24)17-6-8-20(9-7-17)27-15-21-10-11-23(31-21)18-3-2-4-19(14-18)26(29)30/h2-15H,1H3,(H,29,30)/p-1. The van der Waals surface area contributed by atoms with Crippen LogP contribution in [0.1, 0.15) is 21.7 Å². The summed E-state index contributed by atoms with van der Waals surface area (Å²) in [5.74, 6) is -0.0787. The minimum absolute atomic E-state index is 0.109. The number of nitrogens with zero attached hydrogens (tertiary/aromatic N) is 2. The van der Waals surface area contributed by atoms with Crippen molar-refractivity contribution >= 4 is 39.4 Å². The van der Waals surface area contributed by atoms with Gasteiger partial charge in [-0.25, -0.2) is 4.98 Å². The van der Waals surface area contributed by atoms with Crippen molar-refractivity contribution in [3.63, 3.8) is 0 Å². The number of hydrogen-bond acceptors (Lipinski definition) is 6. The first kappa shape index (κ1) is 19.9. The first-order valence-corrected chi connectivity index (χ1v) is 10.8. The number of carboxylic acid groups (broad SMARTS) is 1. The van der Waals surface area contributed by atoms with Gasteiger partial charge in [-0.05, 0) is 72.6 Å². The molecule has 5 nitrogen and oxygen atoms in total. The van der Waals surface area contributed by atoms with Crippen LogP contribution in [-0.2, 0) is 0 Å². The molecule has 0 amide bonds. The Labute approximate surface area is 188 Å². The van der Waals surface area contributed by atoms with Gasteiger partial charge in [-0.2, -0.15) is 0 Å². The lowest BCUT2D eigenvalue weighted by Gasteiger charge is -2.03. The number of aryl methyl sites for hydroxylation is 1. The molecule has 0 bridgehead atoms. The van der Waals surface area contributed by atoms with E-state index in [1.807, 2.05) is 24.3 Å². The number of aromatic nitrogens is 1. The highest BCUT2D eigenvalue weighted by Crippen LogP contribution is 2.31. The van der Waals surface area contributed by atoms with Crippen molar-refractivity contribution in [1.29, 1.82) is 0 Å². The summed E-state index contributed by atoms with van der Waals surface area (Å²) >= 11 is 1.67. The highest BCUT2D eigenvalue weighted by molar-refractivity contribution is 7.21. The van der Waals surface area contributed by atoms with E-state index in [1.165, 1.54) is 22.4 Å². The zero-order valence-corrected chi connectivity index (χ0v) is 17.9. The van der Waals surface area contributed by atoms with Gasteiger partial charge in [0.2, 0.25) is 0 Å². The van der Waals surface area contributed by atoms with Crippen molar-refractivity contribution in [3.8, 4) is 21.9 Å². The highest BCUT2D eigenvalue weighted by atomic mass is 32.1. The van der Waals surface area contributed by atoms with Crippen LogP contribution in [0.4, 0.5) is 5.69 Å². The molecule has 5 aromatic rings. The summed E-state index contributed by atoms with van der Waals surface area (Å²) in [5.41, 5.74) is 4.84. The number of aromatic carboxylic acids is 1. The molecule has 6 heteroatoms. The third-order valence-corrected chi connectivity index (χ3v) is 6.09. The lowest BCUT2D eigenvalue weighted by Crippen LogP contribution is -2.22. The Morgan fingerprint density at radius 3 is 2.66 bits per heavy atom. The maximum Gasteiger partial charge on any atom is 0.145 e. The molecule has 0 N–H and O–H groups in total. The molecule has 0 aliphatic heterocycles. The lowest BCUT2D eigenvalue weighted by atomic mass is 10.1. The second kappa shape index (κ2) is 8.24. The van der Waals surface area contributed by atoms with Gasteiger partial charge < -0.3 is 14.3 Å². The molecule has 0 radical (unpaired) electrons. The van der Waals surface area contributed by atoms with Crippen LogP contribution in [0.15, 0.2) is 88.3 Å². The van der Waals surface area contributed by atoms with E-state index in [0.717, 1.165) is 21.8 Å². The van der Waals surface area contributed by atoms with E-state index in [9.17, 15) is 9.90 Å². The third kappa shape index (κ3) is 4.08. The van der Waals surface area contributed by atoms with Gasteiger partial charge in [0, 0.05) is 11.1 Å². The quantitative estimate of drug-likeness (QED) is 0.333. The number of carboxylic acids is 1. The molecular formula is C26H17N2O3S-. The molecule has 3 aromatic carbocycles. The van der Waals surface area contributed by atoms with Crippen LogP contribution < -0.4 is 5.11 Å². The molecule has 32 heavy (non-hydrogen) atoms. The van der Waals surface area contributed by atoms with Crippen LogP contribution >= 0.6 is 11.3 Å². The van der Waals surface area contributed by atoms with Crippen LogP contribution in [-0.4, -0.2) is 17.2 Å². The molecular weight excluding hydrogens is 420 g/mol. The molecule has 0 unspecified atom stereocenters. The fraction of sp³-hybridized carbons (Fsp3) is 0.0385. The average Bonchev–Trinajstić information content (AvgIpc) is 3.45. The molecule has 2 heterocycles. The number of thiazole rings is 1. The Hall–Kier alpha value is -4.03. The molecule has 156 valence electrons. The second-order valence-corrected chi connectivity index (χ2v) is 8.40. The average molecular weight is 438 g/mol. The maximum absolute atomic E-state index is 11.1. The zero-order valence-electron chi connectivity index (χ0n) is 17.1. The van der Waals surface area contributed by atoms with Crippen molar-refractivity contribution in [1.82, 2.24) is 4.98 Å². The topological polar surface area (TPSA) is 78.5 Å². The van der Waals surface area contributed by atoms with E-state index in [2.05, 4.69) is 30.1 Å². The maximum atomic E-state index is 11.1. The van der Waals surface area contributed by atoms with Gasteiger partial charge >= 0.3 is 0 Å².